The predicted octanol–water partition coefficient (Wildman–Crippen LogP) is 2.47. The number of amides is 1. The fraction of sp³-hybridized carbons (Fsp3) is 0.476. The van der Waals surface area contributed by atoms with Crippen LogP contribution in [0.25, 0.3) is 0 Å². The predicted molar refractivity (Wildman–Crippen MR) is 108 cm³/mol. The third-order valence-corrected chi connectivity index (χ3v) is 6.62. The fourth-order valence-corrected chi connectivity index (χ4v) is 4.94. The average molecular weight is 386 g/mol. The van der Waals surface area contributed by atoms with Crippen molar-refractivity contribution in [1.29, 1.82) is 0 Å². The first kappa shape index (κ1) is 18.6. The largest absolute Gasteiger partial charge is 0.364 e. The van der Waals surface area contributed by atoms with E-state index in [1.807, 2.05) is 17.4 Å². The van der Waals surface area contributed by atoms with Crippen molar-refractivity contribution in [2.24, 2.45) is 5.73 Å². The van der Waals surface area contributed by atoms with Crippen molar-refractivity contribution in [3.63, 3.8) is 0 Å². The van der Waals surface area contributed by atoms with Gasteiger partial charge >= 0.3 is 0 Å². The third kappa shape index (κ3) is 4.24. The van der Waals surface area contributed by atoms with Crippen LogP contribution in [-0.4, -0.2) is 42.6 Å². The number of benzene rings is 1. The summed E-state index contributed by atoms with van der Waals surface area (Å²) in [7, 11) is 0. The minimum atomic E-state index is -0.361. The van der Waals surface area contributed by atoms with Gasteiger partial charge in [0.2, 0.25) is 5.91 Å². The summed E-state index contributed by atoms with van der Waals surface area (Å²) in [4.78, 5) is 16.6. The van der Waals surface area contributed by atoms with Crippen molar-refractivity contribution in [1.82, 2.24) is 10.2 Å². The quantitative estimate of drug-likeness (QED) is 0.802. The summed E-state index contributed by atoms with van der Waals surface area (Å²) in [6.45, 7) is 3.02. The van der Waals surface area contributed by atoms with E-state index in [4.69, 9.17) is 10.5 Å². The van der Waals surface area contributed by atoms with Crippen LogP contribution in [0.1, 0.15) is 34.9 Å². The molecule has 3 heterocycles. The van der Waals surface area contributed by atoms with Gasteiger partial charge in [-0.05, 0) is 41.8 Å². The zero-order valence-corrected chi connectivity index (χ0v) is 16.3. The van der Waals surface area contributed by atoms with Crippen molar-refractivity contribution in [3.05, 3.63) is 57.8 Å². The summed E-state index contributed by atoms with van der Waals surface area (Å²) < 4.78 is 5.74. The van der Waals surface area contributed by atoms with Gasteiger partial charge < -0.3 is 15.8 Å². The summed E-state index contributed by atoms with van der Waals surface area (Å²) >= 11 is 1.85. The standard InChI is InChI=1S/C21H27N3O2S/c22-12-17-6-7-19(26-17)21(25)23-13-18(15-4-2-1-3-5-15)24-10-8-20-16(14-24)9-11-27-20/h1-5,9,11,17-19H,6-8,10,12-14,22H2,(H,23,25)/t17-,18?,19+/m1/s1. The highest BCUT2D eigenvalue weighted by atomic mass is 32.1. The number of nitrogens with zero attached hydrogens (tertiary/aromatic N) is 1. The molecule has 27 heavy (non-hydrogen) atoms. The lowest BCUT2D eigenvalue weighted by atomic mass is 10.0. The van der Waals surface area contributed by atoms with E-state index in [2.05, 4.69) is 45.9 Å². The molecule has 0 spiro atoms. The fourth-order valence-electron chi connectivity index (χ4n) is 4.05. The van der Waals surface area contributed by atoms with Gasteiger partial charge in [-0.1, -0.05) is 30.3 Å². The lowest BCUT2D eigenvalue weighted by Crippen LogP contribution is -2.43. The molecule has 3 N–H and O–H groups in total. The Morgan fingerprint density at radius 2 is 2.15 bits per heavy atom. The molecule has 1 unspecified atom stereocenters. The Balaban J connectivity index is 1.44. The Bertz CT molecular complexity index is 764. The third-order valence-electron chi connectivity index (χ3n) is 5.59. The first-order valence-corrected chi connectivity index (χ1v) is 10.6. The number of ether oxygens (including phenoxy) is 1. The van der Waals surface area contributed by atoms with Crippen LogP contribution >= 0.6 is 11.3 Å². The number of hydrogen-bond donors (Lipinski definition) is 2. The van der Waals surface area contributed by atoms with Crippen LogP contribution in [-0.2, 0) is 22.5 Å². The second-order valence-corrected chi connectivity index (χ2v) is 8.32. The summed E-state index contributed by atoms with van der Waals surface area (Å²) in [5.41, 5.74) is 8.32. The Morgan fingerprint density at radius 3 is 2.93 bits per heavy atom. The second-order valence-electron chi connectivity index (χ2n) is 7.32. The smallest absolute Gasteiger partial charge is 0.249 e. The molecule has 0 bridgehead atoms. The maximum atomic E-state index is 12.6. The molecule has 3 atom stereocenters. The van der Waals surface area contributed by atoms with E-state index in [0.717, 1.165) is 32.4 Å². The van der Waals surface area contributed by atoms with Crippen molar-refractivity contribution in [2.45, 2.75) is 44.1 Å². The number of nitrogens with two attached hydrogens (primary N) is 1. The Hall–Kier alpha value is -1.73. The summed E-state index contributed by atoms with van der Waals surface area (Å²) in [6, 6.07) is 12.9. The van der Waals surface area contributed by atoms with E-state index in [1.165, 1.54) is 16.0 Å². The number of fused-ring (bicyclic) bond motifs is 1. The molecule has 1 aromatic carbocycles. The SMILES string of the molecule is NC[C@H]1CC[C@@H](C(=O)NCC(c2ccccc2)N2CCc3sccc3C2)O1. The van der Waals surface area contributed by atoms with Gasteiger partial charge in [0.25, 0.3) is 0 Å². The minimum absolute atomic E-state index is 0.0138. The molecule has 0 aliphatic carbocycles. The van der Waals surface area contributed by atoms with Gasteiger partial charge in [0, 0.05) is 31.1 Å². The molecule has 2 aliphatic rings. The summed E-state index contributed by atoms with van der Waals surface area (Å²) in [5.74, 6) is -0.0138. The van der Waals surface area contributed by atoms with Crippen LogP contribution in [0.15, 0.2) is 41.8 Å². The van der Waals surface area contributed by atoms with Crippen LogP contribution < -0.4 is 11.1 Å². The molecule has 0 saturated carbocycles. The van der Waals surface area contributed by atoms with Crippen LogP contribution in [0, 0.1) is 0 Å². The van der Waals surface area contributed by atoms with E-state index in [1.54, 1.807) is 0 Å². The van der Waals surface area contributed by atoms with Crippen molar-refractivity contribution in [2.75, 3.05) is 19.6 Å². The van der Waals surface area contributed by atoms with Crippen LogP contribution in [0.5, 0.6) is 0 Å². The number of rotatable bonds is 6. The molecule has 1 aromatic heterocycles. The number of carbonyl (C=O) groups excluding carboxylic acids is 1. The van der Waals surface area contributed by atoms with Crippen molar-refractivity contribution < 1.29 is 9.53 Å². The number of thiophene rings is 1. The van der Waals surface area contributed by atoms with E-state index >= 15 is 0 Å². The maximum Gasteiger partial charge on any atom is 0.249 e. The molecule has 1 amide bonds. The van der Waals surface area contributed by atoms with Gasteiger partial charge in [0.15, 0.2) is 0 Å². The Kier molecular flexibility index (Phi) is 5.88. The van der Waals surface area contributed by atoms with E-state index in [-0.39, 0.29) is 24.2 Å². The summed E-state index contributed by atoms with van der Waals surface area (Å²) in [6.07, 6.45) is 2.36. The van der Waals surface area contributed by atoms with Crippen molar-refractivity contribution >= 4 is 17.2 Å². The van der Waals surface area contributed by atoms with Gasteiger partial charge in [0.05, 0.1) is 12.1 Å². The van der Waals surface area contributed by atoms with Crippen LogP contribution in [0.2, 0.25) is 0 Å². The van der Waals surface area contributed by atoms with Gasteiger partial charge in [-0.2, -0.15) is 0 Å². The minimum Gasteiger partial charge on any atom is -0.364 e. The molecular formula is C21H27N3O2S. The van der Waals surface area contributed by atoms with Gasteiger partial charge in [-0.3, -0.25) is 9.69 Å². The van der Waals surface area contributed by atoms with E-state index in [9.17, 15) is 4.79 Å². The number of nitrogens with one attached hydrogen (secondary N) is 1. The van der Waals surface area contributed by atoms with Crippen LogP contribution in [0.3, 0.4) is 0 Å². The molecular weight excluding hydrogens is 358 g/mol. The second kappa shape index (κ2) is 8.52. The van der Waals surface area contributed by atoms with E-state index in [0.29, 0.717) is 13.1 Å². The lowest BCUT2D eigenvalue weighted by Gasteiger charge is -2.35. The molecule has 4 rings (SSSR count). The normalized spacial score (nSPS) is 23.7. The highest BCUT2D eigenvalue weighted by Gasteiger charge is 2.31. The topological polar surface area (TPSA) is 67.6 Å². The van der Waals surface area contributed by atoms with Gasteiger partial charge in [-0.15, -0.1) is 11.3 Å². The Morgan fingerprint density at radius 1 is 1.30 bits per heavy atom. The zero-order chi connectivity index (χ0) is 18.6. The zero-order valence-electron chi connectivity index (χ0n) is 15.5. The highest BCUT2D eigenvalue weighted by molar-refractivity contribution is 7.10. The number of carbonyl (C=O) groups is 1. The first-order valence-electron chi connectivity index (χ1n) is 9.72. The molecule has 2 aromatic rings. The van der Waals surface area contributed by atoms with Gasteiger partial charge in [-0.25, -0.2) is 0 Å². The first-order chi connectivity index (χ1) is 13.2. The molecule has 6 heteroatoms. The summed E-state index contributed by atoms with van der Waals surface area (Å²) in [5, 5.41) is 5.32. The molecule has 2 aliphatic heterocycles. The molecule has 144 valence electrons. The highest BCUT2D eigenvalue weighted by Crippen LogP contribution is 2.30. The molecule has 0 radical (unpaired) electrons. The number of hydrogen-bond acceptors (Lipinski definition) is 5. The average Bonchev–Trinajstić information content (AvgIpc) is 3.37. The monoisotopic (exact) mass is 385 g/mol. The maximum absolute atomic E-state index is 12.6. The molecule has 5 nitrogen and oxygen atoms in total. The van der Waals surface area contributed by atoms with Crippen LogP contribution in [0.4, 0.5) is 0 Å². The van der Waals surface area contributed by atoms with Crippen molar-refractivity contribution in [3.8, 4) is 0 Å². The molecule has 1 fully saturated rings. The van der Waals surface area contributed by atoms with Gasteiger partial charge in [0.1, 0.15) is 6.10 Å². The lowest BCUT2D eigenvalue weighted by molar-refractivity contribution is -0.132. The Labute approximate surface area is 164 Å². The molecule has 1 saturated heterocycles. The van der Waals surface area contributed by atoms with E-state index < -0.39 is 0 Å².